The first-order chi connectivity index (χ1) is 10.3. The topological polar surface area (TPSA) is 21.1 Å². The Morgan fingerprint density at radius 1 is 1.38 bits per heavy atom. The highest BCUT2D eigenvalue weighted by Crippen LogP contribution is 2.26. The molecule has 2 nitrogen and oxygen atoms in total. The van der Waals surface area contributed by atoms with Crippen LogP contribution < -0.4 is 10.2 Å². The molecule has 4 atom stereocenters. The SMILES string of the molecule is C=C[C@H]1C[NH+]2CC[C@H]1C[C@@H]2C[NH2+]Cc1ccc(SC)cc1. The van der Waals surface area contributed by atoms with Gasteiger partial charge in [0, 0.05) is 29.2 Å². The smallest absolute Gasteiger partial charge is 0.137 e. The minimum Gasteiger partial charge on any atom is -0.338 e. The van der Waals surface area contributed by atoms with Gasteiger partial charge in [0.25, 0.3) is 0 Å². The van der Waals surface area contributed by atoms with Gasteiger partial charge in [-0.2, -0.15) is 0 Å². The van der Waals surface area contributed by atoms with Crippen LogP contribution in [0.5, 0.6) is 0 Å². The number of hydrogen-bond acceptors (Lipinski definition) is 1. The number of rotatable bonds is 6. The van der Waals surface area contributed by atoms with E-state index in [2.05, 4.69) is 48.5 Å². The monoisotopic (exact) mass is 304 g/mol. The third-order valence-corrected chi connectivity index (χ3v) is 6.14. The van der Waals surface area contributed by atoms with Crippen molar-refractivity contribution in [1.29, 1.82) is 0 Å². The van der Waals surface area contributed by atoms with Gasteiger partial charge in [-0.15, -0.1) is 18.3 Å². The zero-order chi connectivity index (χ0) is 14.7. The van der Waals surface area contributed by atoms with Crippen LogP contribution in [0.25, 0.3) is 0 Å². The molecule has 0 radical (unpaired) electrons. The zero-order valence-corrected chi connectivity index (χ0v) is 13.9. The van der Waals surface area contributed by atoms with Gasteiger partial charge in [-0.05, 0) is 24.3 Å². The summed E-state index contributed by atoms with van der Waals surface area (Å²) in [6.45, 7) is 9.13. The molecule has 2 bridgehead atoms. The Bertz CT molecular complexity index is 471. The molecule has 0 spiro atoms. The van der Waals surface area contributed by atoms with Crippen LogP contribution in [0, 0.1) is 11.8 Å². The van der Waals surface area contributed by atoms with Gasteiger partial charge < -0.3 is 10.2 Å². The van der Waals surface area contributed by atoms with Crippen molar-refractivity contribution in [3.63, 3.8) is 0 Å². The Morgan fingerprint density at radius 2 is 2.19 bits per heavy atom. The number of nitrogens with two attached hydrogens (primary N) is 1. The highest BCUT2D eigenvalue weighted by molar-refractivity contribution is 7.98. The summed E-state index contributed by atoms with van der Waals surface area (Å²) < 4.78 is 0. The summed E-state index contributed by atoms with van der Waals surface area (Å²) in [5.74, 6) is 1.70. The Balaban J connectivity index is 1.46. The minimum atomic E-state index is 0.782. The van der Waals surface area contributed by atoms with Crippen LogP contribution in [0.1, 0.15) is 18.4 Å². The maximum atomic E-state index is 4.02. The number of piperidine rings is 3. The molecule has 3 saturated heterocycles. The normalized spacial score (nSPS) is 31.3. The lowest BCUT2D eigenvalue weighted by Crippen LogP contribution is -3.21. The van der Waals surface area contributed by atoms with E-state index >= 15 is 0 Å². The van der Waals surface area contributed by atoms with Gasteiger partial charge in [0.2, 0.25) is 0 Å². The fourth-order valence-electron chi connectivity index (χ4n) is 4.10. The van der Waals surface area contributed by atoms with Gasteiger partial charge in [0.15, 0.2) is 0 Å². The minimum absolute atomic E-state index is 0.782. The lowest BCUT2D eigenvalue weighted by Gasteiger charge is -2.45. The summed E-state index contributed by atoms with van der Waals surface area (Å²) in [4.78, 5) is 3.19. The van der Waals surface area contributed by atoms with E-state index in [1.165, 1.54) is 42.9 Å². The van der Waals surface area contributed by atoms with Gasteiger partial charge in [-0.1, -0.05) is 18.2 Å². The van der Waals surface area contributed by atoms with Crippen molar-refractivity contribution in [1.82, 2.24) is 0 Å². The second-order valence-electron chi connectivity index (χ2n) is 6.57. The molecule has 0 aromatic heterocycles. The van der Waals surface area contributed by atoms with E-state index in [1.807, 2.05) is 16.7 Å². The molecule has 3 N–H and O–H groups in total. The Labute approximate surface area is 133 Å². The Hall–Kier alpha value is -0.770. The van der Waals surface area contributed by atoms with Crippen LogP contribution in [0.15, 0.2) is 41.8 Å². The first-order valence-electron chi connectivity index (χ1n) is 8.22. The molecule has 1 unspecified atom stereocenters. The van der Waals surface area contributed by atoms with Crippen LogP contribution in [-0.2, 0) is 6.54 Å². The standard InChI is InChI=1S/C18H26N2S/c1-3-15-13-20-9-8-16(15)10-17(20)12-19-11-14-4-6-18(21-2)7-5-14/h3-7,15-17,19H,1,8-13H2,2H3/p+2/t15-,16-,17+/m0/s1. The summed E-state index contributed by atoms with van der Waals surface area (Å²) in [7, 11) is 0. The molecule has 3 aliphatic rings. The average Bonchev–Trinajstić information content (AvgIpc) is 2.56. The molecule has 4 rings (SSSR count). The van der Waals surface area contributed by atoms with E-state index in [0.29, 0.717) is 0 Å². The van der Waals surface area contributed by atoms with Crippen molar-refractivity contribution in [3.05, 3.63) is 42.5 Å². The predicted octanol–water partition coefficient (Wildman–Crippen LogP) is 0.951. The van der Waals surface area contributed by atoms with Crippen molar-refractivity contribution in [3.8, 4) is 0 Å². The predicted molar refractivity (Wildman–Crippen MR) is 89.6 cm³/mol. The molecular formula is C18H28N2S+2. The van der Waals surface area contributed by atoms with E-state index in [-0.39, 0.29) is 0 Å². The molecule has 0 saturated carbocycles. The largest absolute Gasteiger partial charge is 0.338 e. The maximum absolute atomic E-state index is 4.02. The van der Waals surface area contributed by atoms with Crippen LogP contribution in [0.3, 0.4) is 0 Å². The highest BCUT2D eigenvalue weighted by Gasteiger charge is 2.42. The van der Waals surface area contributed by atoms with Gasteiger partial charge in [0.05, 0.1) is 13.1 Å². The van der Waals surface area contributed by atoms with E-state index in [0.717, 1.165) is 24.4 Å². The van der Waals surface area contributed by atoms with Crippen molar-refractivity contribution >= 4 is 11.8 Å². The van der Waals surface area contributed by atoms with Crippen LogP contribution in [-0.4, -0.2) is 31.9 Å². The number of quaternary nitrogens is 2. The third-order valence-electron chi connectivity index (χ3n) is 5.40. The molecule has 0 aliphatic carbocycles. The fraction of sp³-hybridized carbons (Fsp3) is 0.556. The van der Waals surface area contributed by atoms with E-state index in [9.17, 15) is 0 Å². The summed E-state index contributed by atoms with van der Waals surface area (Å²) >= 11 is 1.81. The first-order valence-corrected chi connectivity index (χ1v) is 9.44. The van der Waals surface area contributed by atoms with Crippen molar-refractivity contribution in [2.75, 3.05) is 25.9 Å². The van der Waals surface area contributed by atoms with E-state index in [1.54, 1.807) is 0 Å². The second kappa shape index (κ2) is 6.99. The molecular weight excluding hydrogens is 276 g/mol. The lowest BCUT2D eigenvalue weighted by atomic mass is 9.75. The lowest BCUT2D eigenvalue weighted by molar-refractivity contribution is -0.958. The molecule has 1 aromatic carbocycles. The third kappa shape index (κ3) is 3.53. The van der Waals surface area contributed by atoms with Crippen molar-refractivity contribution in [2.45, 2.75) is 30.3 Å². The van der Waals surface area contributed by atoms with Crippen molar-refractivity contribution in [2.24, 2.45) is 11.8 Å². The number of fused-ring (bicyclic) bond motifs is 3. The zero-order valence-electron chi connectivity index (χ0n) is 13.1. The molecule has 21 heavy (non-hydrogen) atoms. The molecule has 3 heterocycles. The Kier molecular flexibility index (Phi) is 5.04. The Morgan fingerprint density at radius 3 is 2.81 bits per heavy atom. The van der Waals surface area contributed by atoms with Crippen molar-refractivity contribution < 1.29 is 10.2 Å². The second-order valence-corrected chi connectivity index (χ2v) is 7.45. The van der Waals surface area contributed by atoms with E-state index < -0.39 is 0 Å². The molecule has 1 aromatic rings. The number of thioether (sulfide) groups is 1. The average molecular weight is 305 g/mol. The number of nitrogens with one attached hydrogen (secondary N) is 1. The molecule has 114 valence electrons. The summed E-state index contributed by atoms with van der Waals surface area (Å²) in [5.41, 5.74) is 1.45. The van der Waals surface area contributed by atoms with Crippen LogP contribution >= 0.6 is 11.8 Å². The molecule has 0 amide bonds. The summed E-state index contributed by atoms with van der Waals surface area (Å²) in [6, 6.07) is 9.89. The summed E-state index contributed by atoms with van der Waals surface area (Å²) in [5, 5.41) is 2.51. The molecule has 3 aliphatic heterocycles. The number of benzene rings is 1. The maximum Gasteiger partial charge on any atom is 0.137 e. The van der Waals surface area contributed by atoms with Crippen LogP contribution in [0.4, 0.5) is 0 Å². The quantitative estimate of drug-likeness (QED) is 0.593. The first kappa shape index (κ1) is 15.1. The van der Waals surface area contributed by atoms with Gasteiger partial charge in [0.1, 0.15) is 19.1 Å². The van der Waals surface area contributed by atoms with Gasteiger partial charge >= 0.3 is 0 Å². The van der Waals surface area contributed by atoms with Crippen LogP contribution in [0.2, 0.25) is 0 Å². The summed E-state index contributed by atoms with van der Waals surface area (Å²) in [6.07, 6.45) is 7.16. The highest BCUT2D eigenvalue weighted by atomic mass is 32.2. The van der Waals surface area contributed by atoms with Gasteiger partial charge in [-0.3, -0.25) is 0 Å². The van der Waals surface area contributed by atoms with Gasteiger partial charge in [-0.25, -0.2) is 0 Å². The molecule has 3 fully saturated rings. The molecule has 3 heteroatoms. The van der Waals surface area contributed by atoms with E-state index in [4.69, 9.17) is 0 Å². The number of hydrogen-bond donors (Lipinski definition) is 2. The fourth-order valence-corrected chi connectivity index (χ4v) is 4.51.